The fraction of sp³-hybridized carbons (Fsp3) is 0.0909. The first-order chi connectivity index (χ1) is 12.5. The van der Waals surface area contributed by atoms with Gasteiger partial charge in [-0.3, -0.25) is 4.79 Å². The van der Waals surface area contributed by atoms with E-state index in [4.69, 9.17) is 0 Å². The van der Waals surface area contributed by atoms with Gasteiger partial charge >= 0.3 is 0 Å². The van der Waals surface area contributed by atoms with Crippen molar-refractivity contribution in [3.05, 3.63) is 89.0 Å². The number of carboxylic acid groups (broad SMARTS) is 1. The van der Waals surface area contributed by atoms with E-state index in [1.165, 1.54) is 6.07 Å². The SMILES string of the molecule is Cc1ccc(NC(=O)c2ccccc2-c2ccccc2C(=O)[O-])cc1C. The number of anilines is 1. The zero-order valence-electron chi connectivity index (χ0n) is 14.6. The minimum atomic E-state index is -1.27. The monoisotopic (exact) mass is 344 g/mol. The molecule has 0 unspecified atom stereocenters. The van der Waals surface area contributed by atoms with Crippen molar-refractivity contribution < 1.29 is 14.7 Å². The highest BCUT2D eigenvalue weighted by molar-refractivity contribution is 6.10. The van der Waals surface area contributed by atoms with Crippen molar-refractivity contribution in [3.8, 4) is 11.1 Å². The van der Waals surface area contributed by atoms with Gasteiger partial charge in [0.2, 0.25) is 0 Å². The van der Waals surface area contributed by atoms with E-state index in [-0.39, 0.29) is 11.5 Å². The fourth-order valence-corrected chi connectivity index (χ4v) is 2.83. The molecule has 0 aliphatic heterocycles. The van der Waals surface area contributed by atoms with Crippen LogP contribution in [0.5, 0.6) is 0 Å². The van der Waals surface area contributed by atoms with Crippen LogP contribution in [0, 0.1) is 13.8 Å². The quantitative estimate of drug-likeness (QED) is 0.786. The maximum Gasteiger partial charge on any atom is 0.256 e. The van der Waals surface area contributed by atoms with Crippen LogP contribution in [0.3, 0.4) is 0 Å². The van der Waals surface area contributed by atoms with Crippen molar-refractivity contribution in [2.75, 3.05) is 5.32 Å². The number of carbonyl (C=O) groups is 2. The summed E-state index contributed by atoms with van der Waals surface area (Å²) in [5.74, 6) is -1.57. The second-order valence-electron chi connectivity index (χ2n) is 6.13. The van der Waals surface area contributed by atoms with E-state index in [1.54, 1.807) is 42.5 Å². The standard InChI is InChI=1S/C22H19NO3/c1-14-11-12-16(13-15(14)2)23-21(24)19-9-5-3-7-17(19)18-8-4-6-10-20(18)22(25)26/h3-13H,1-2H3,(H,23,24)(H,25,26)/p-1. The minimum Gasteiger partial charge on any atom is -0.545 e. The van der Waals surface area contributed by atoms with Gasteiger partial charge in [0.05, 0.1) is 5.97 Å². The molecule has 0 radical (unpaired) electrons. The Labute approximate surface area is 152 Å². The smallest absolute Gasteiger partial charge is 0.256 e. The molecule has 1 amide bonds. The maximum absolute atomic E-state index is 12.8. The molecule has 1 N–H and O–H groups in total. The number of rotatable bonds is 4. The third kappa shape index (κ3) is 3.49. The first-order valence-electron chi connectivity index (χ1n) is 8.26. The summed E-state index contributed by atoms with van der Waals surface area (Å²) in [6, 6.07) is 19.1. The molecule has 0 fully saturated rings. The molecule has 3 aromatic rings. The van der Waals surface area contributed by atoms with Crippen molar-refractivity contribution >= 4 is 17.6 Å². The lowest BCUT2D eigenvalue weighted by Crippen LogP contribution is -2.23. The van der Waals surface area contributed by atoms with Crippen LogP contribution in [0.25, 0.3) is 11.1 Å². The van der Waals surface area contributed by atoms with Crippen LogP contribution in [0.1, 0.15) is 31.8 Å². The molecule has 3 aromatic carbocycles. The molecule has 3 rings (SSSR count). The first kappa shape index (κ1) is 17.4. The highest BCUT2D eigenvalue weighted by Crippen LogP contribution is 2.28. The van der Waals surface area contributed by atoms with Crippen LogP contribution in [0.4, 0.5) is 5.69 Å². The summed E-state index contributed by atoms with van der Waals surface area (Å²) in [6.07, 6.45) is 0. The second kappa shape index (κ2) is 7.23. The molecule has 130 valence electrons. The van der Waals surface area contributed by atoms with E-state index in [0.717, 1.165) is 11.1 Å². The number of hydrogen-bond acceptors (Lipinski definition) is 3. The molecule has 0 aliphatic carbocycles. The number of aromatic carboxylic acids is 1. The number of carboxylic acids is 1. The zero-order chi connectivity index (χ0) is 18.7. The molecular weight excluding hydrogens is 326 g/mol. The summed E-state index contributed by atoms with van der Waals surface area (Å²) in [5.41, 5.74) is 4.39. The number of hydrogen-bond donors (Lipinski definition) is 1. The van der Waals surface area contributed by atoms with Gasteiger partial charge in [-0.15, -0.1) is 0 Å². The highest BCUT2D eigenvalue weighted by Gasteiger charge is 2.15. The Bertz CT molecular complexity index is 992. The predicted molar refractivity (Wildman–Crippen MR) is 100 cm³/mol. The summed E-state index contributed by atoms with van der Waals surface area (Å²) in [7, 11) is 0. The van der Waals surface area contributed by atoms with Gasteiger partial charge < -0.3 is 15.2 Å². The van der Waals surface area contributed by atoms with Gasteiger partial charge in [0, 0.05) is 16.8 Å². The van der Waals surface area contributed by atoms with Crippen molar-refractivity contribution in [1.29, 1.82) is 0 Å². The Balaban J connectivity index is 2.01. The van der Waals surface area contributed by atoms with Gasteiger partial charge in [-0.1, -0.05) is 48.5 Å². The van der Waals surface area contributed by atoms with Crippen LogP contribution in [0.15, 0.2) is 66.7 Å². The zero-order valence-corrected chi connectivity index (χ0v) is 14.6. The number of aryl methyl sites for hydroxylation is 2. The molecule has 26 heavy (non-hydrogen) atoms. The van der Waals surface area contributed by atoms with E-state index in [2.05, 4.69) is 5.32 Å². The molecule has 0 aromatic heterocycles. The number of benzene rings is 3. The van der Waals surface area contributed by atoms with Crippen LogP contribution in [-0.4, -0.2) is 11.9 Å². The largest absolute Gasteiger partial charge is 0.545 e. The molecule has 0 aliphatic rings. The second-order valence-corrected chi connectivity index (χ2v) is 6.13. The first-order valence-corrected chi connectivity index (χ1v) is 8.26. The molecule has 0 saturated carbocycles. The molecule has 0 atom stereocenters. The van der Waals surface area contributed by atoms with Gasteiger partial charge in [-0.25, -0.2) is 0 Å². The average molecular weight is 344 g/mol. The van der Waals surface area contributed by atoms with E-state index in [0.29, 0.717) is 22.4 Å². The van der Waals surface area contributed by atoms with Crippen LogP contribution >= 0.6 is 0 Å². The van der Waals surface area contributed by atoms with Crippen LogP contribution in [-0.2, 0) is 0 Å². The highest BCUT2D eigenvalue weighted by atomic mass is 16.4. The lowest BCUT2D eigenvalue weighted by molar-refractivity contribution is -0.254. The van der Waals surface area contributed by atoms with Crippen molar-refractivity contribution in [1.82, 2.24) is 0 Å². The van der Waals surface area contributed by atoms with Gasteiger partial charge in [0.1, 0.15) is 0 Å². The van der Waals surface area contributed by atoms with Gasteiger partial charge in [0.25, 0.3) is 5.91 Å². The fourth-order valence-electron chi connectivity index (χ4n) is 2.83. The van der Waals surface area contributed by atoms with Crippen LogP contribution in [0.2, 0.25) is 0 Å². The summed E-state index contributed by atoms with van der Waals surface area (Å²) in [4.78, 5) is 24.2. The Kier molecular flexibility index (Phi) is 4.85. The van der Waals surface area contributed by atoms with Crippen molar-refractivity contribution in [2.45, 2.75) is 13.8 Å². The van der Waals surface area contributed by atoms with E-state index < -0.39 is 5.97 Å². The number of amides is 1. The summed E-state index contributed by atoms with van der Waals surface area (Å²) >= 11 is 0. The van der Waals surface area contributed by atoms with E-state index >= 15 is 0 Å². The lowest BCUT2D eigenvalue weighted by Gasteiger charge is -2.15. The third-order valence-electron chi connectivity index (χ3n) is 4.37. The molecule has 4 nitrogen and oxygen atoms in total. The van der Waals surface area contributed by atoms with Crippen LogP contribution < -0.4 is 10.4 Å². The number of carbonyl (C=O) groups excluding carboxylic acids is 2. The molecule has 0 heterocycles. The maximum atomic E-state index is 12.8. The third-order valence-corrected chi connectivity index (χ3v) is 4.37. The lowest BCUT2D eigenvalue weighted by atomic mass is 9.95. The molecular formula is C22H18NO3-. The van der Waals surface area contributed by atoms with Gasteiger partial charge in [-0.05, 0) is 54.3 Å². The Morgan fingerprint density at radius 3 is 1.96 bits per heavy atom. The average Bonchev–Trinajstić information content (AvgIpc) is 2.64. The molecule has 0 spiro atoms. The van der Waals surface area contributed by atoms with E-state index in [9.17, 15) is 14.7 Å². The minimum absolute atomic E-state index is 0.0546. The van der Waals surface area contributed by atoms with Gasteiger partial charge in [-0.2, -0.15) is 0 Å². The molecule has 0 saturated heterocycles. The van der Waals surface area contributed by atoms with Gasteiger partial charge in [0.15, 0.2) is 0 Å². The van der Waals surface area contributed by atoms with Crippen molar-refractivity contribution in [3.63, 3.8) is 0 Å². The van der Waals surface area contributed by atoms with E-state index in [1.807, 2.05) is 32.0 Å². The Morgan fingerprint density at radius 1 is 0.769 bits per heavy atom. The van der Waals surface area contributed by atoms with Crippen molar-refractivity contribution in [2.24, 2.45) is 0 Å². The topological polar surface area (TPSA) is 69.2 Å². The molecule has 0 bridgehead atoms. The molecule has 4 heteroatoms. The number of nitrogens with one attached hydrogen (secondary N) is 1. The normalized spacial score (nSPS) is 10.4. The summed E-state index contributed by atoms with van der Waals surface area (Å²) in [6.45, 7) is 3.99. The summed E-state index contributed by atoms with van der Waals surface area (Å²) < 4.78 is 0. The Morgan fingerprint density at radius 2 is 1.35 bits per heavy atom. The summed E-state index contributed by atoms with van der Waals surface area (Å²) in [5, 5.41) is 14.3. The Hall–Kier alpha value is -3.40. The predicted octanol–water partition coefficient (Wildman–Crippen LogP) is 3.59.